The average molecular weight is 424 g/mol. The van der Waals surface area contributed by atoms with Crippen LogP contribution in [0.4, 0.5) is 0 Å². The molecule has 1 atom stereocenters. The number of carbonyl (C=O) groups is 2. The monoisotopic (exact) mass is 423 g/mol. The van der Waals surface area contributed by atoms with Crippen LogP contribution in [-0.4, -0.2) is 47.5 Å². The Morgan fingerprint density at radius 3 is 2.71 bits per heavy atom. The molecule has 1 aromatic rings. The van der Waals surface area contributed by atoms with Crippen LogP contribution in [0.5, 0.6) is 11.5 Å². The van der Waals surface area contributed by atoms with Gasteiger partial charge in [-0.25, -0.2) is 4.79 Å². The SMILES string of the molecule is CCCCOc1ccc(/C=C2\SC(=S)N(C(C)C(=O)OCC)C2=O)cc1OC. The van der Waals surface area contributed by atoms with E-state index in [2.05, 4.69) is 6.92 Å². The van der Waals surface area contributed by atoms with Gasteiger partial charge in [-0.2, -0.15) is 0 Å². The largest absolute Gasteiger partial charge is 0.493 e. The molecule has 1 heterocycles. The lowest BCUT2D eigenvalue weighted by Crippen LogP contribution is -2.42. The molecule has 1 aliphatic heterocycles. The number of esters is 1. The zero-order chi connectivity index (χ0) is 20.7. The highest BCUT2D eigenvalue weighted by Crippen LogP contribution is 2.36. The summed E-state index contributed by atoms with van der Waals surface area (Å²) >= 11 is 6.46. The van der Waals surface area contributed by atoms with Crippen molar-refractivity contribution >= 4 is 46.3 Å². The van der Waals surface area contributed by atoms with Crippen LogP contribution in [0.2, 0.25) is 0 Å². The van der Waals surface area contributed by atoms with Gasteiger partial charge < -0.3 is 14.2 Å². The maximum Gasteiger partial charge on any atom is 0.329 e. The minimum Gasteiger partial charge on any atom is -0.493 e. The van der Waals surface area contributed by atoms with Crippen LogP contribution in [0.1, 0.15) is 39.2 Å². The molecule has 1 aliphatic rings. The lowest BCUT2D eigenvalue weighted by Gasteiger charge is -2.21. The van der Waals surface area contributed by atoms with Gasteiger partial charge in [-0.1, -0.05) is 43.4 Å². The predicted molar refractivity (Wildman–Crippen MR) is 115 cm³/mol. The molecule has 0 saturated carbocycles. The van der Waals surface area contributed by atoms with Crippen LogP contribution in [0.25, 0.3) is 6.08 Å². The molecule has 152 valence electrons. The van der Waals surface area contributed by atoms with Gasteiger partial charge in [-0.05, 0) is 44.0 Å². The Morgan fingerprint density at radius 1 is 1.32 bits per heavy atom. The number of amides is 1. The number of thiocarbonyl (C=S) groups is 1. The quantitative estimate of drug-likeness (QED) is 0.257. The fourth-order valence-corrected chi connectivity index (χ4v) is 3.97. The van der Waals surface area contributed by atoms with E-state index in [1.54, 1.807) is 27.0 Å². The molecular formula is C20H25NO5S2. The average Bonchev–Trinajstić information content (AvgIpc) is 2.95. The van der Waals surface area contributed by atoms with Crippen LogP contribution in [0, 0.1) is 0 Å². The minimum atomic E-state index is -0.762. The molecule has 28 heavy (non-hydrogen) atoms. The van der Waals surface area contributed by atoms with E-state index < -0.39 is 12.0 Å². The number of benzene rings is 1. The number of thioether (sulfide) groups is 1. The smallest absolute Gasteiger partial charge is 0.329 e. The predicted octanol–water partition coefficient (Wildman–Crippen LogP) is 4.03. The van der Waals surface area contributed by atoms with E-state index in [4.69, 9.17) is 26.4 Å². The third-order valence-corrected chi connectivity index (χ3v) is 5.41. The van der Waals surface area contributed by atoms with Gasteiger partial charge in [-0.3, -0.25) is 9.69 Å². The Labute approximate surface area is 175 Å². The van der Waals surface area contributed by atoms with Crippen LogP contribution < -0.4 is 9.47 Å². The van der Waals surface area contributed by atoms with Gasteiger partial charge in [0.1, 0.15) is 10.4 Å². The van der Waals surface area contributed by atoms with Gasteiger partial charge >= 0.3 is 5.97 Å². The molecule has 1 unspecified atom stereocenters. The molecule has 1 fully saturated rings. The zero-order valence-corrected chi connectivity index (χ0v) is 18.2. The zero-order valence-electron chi connectivity index (χ0n) is 16.5. The number of ether oxygens (including phenoxy) is 3. The second-order valence-corrected chi connectivity index (χ2v) is 7.77. The first-order chi connectivity index (χ1) is 13.4. The van der Waals surface area contributed by atoms with E-state index >= 15 is 0 Å². The Morgan fingerprint density at radius 2 is 2.07 bits per heavy atom. The van der Waals surface area contributed by atoms with Crippen molar-refractivity contribution < 1.29 is 23.8 Å². The molecule has 6 nitrogen and oxygen atoms in total. The lowest BCUT2D eigenvalue weighted by atomic mass is 10.1. The van der Waals surface area contributed by atoms with Crippen LogP contribution in [0.3, 0.4) is 0 Å². The molecule has 1 aromatic carbocycles. The standard InChI is InChI=1S/C20H25NO5S2/c1-5-7-10-26-15-9-8-14(11-16(15)24-4)12-17-18(22)21(20(27)28-17)13(3)19(23)25-6-2/h8-9,11-13H,5-7,10H2,1-4H3/b17-12-. The maximum atomic E-state index is 12.8. The number of nitrogens with zero attached hydrogens (tertiary/aromatic N) is 1. The molecule has 2 rings (SSSR count). The number of hydrogen-bond acceptors (Lipinski definition) is 7. The van der Waals surface area contributed by atoms with E-state index in [0.717, 1.165) is 30.2 Å². The summed E-state index contributed by atoms with van der Waals surface area (Å²) in [6.07, 6.45) is 3.74. The van der Waals surface area contributed by atoms with Crippen LogP contribution >= 0.6 is 24.0 Å². The summed E-state index contributed by atoms with van der Waals surface area (Å²) in [5.41, 5.74) is 0.781. The van der Waals surface area contributed by atoms with Gasteiger partial charge in [0.15, 0.2) is 11.5 Å². The number of unbranched alkanes of at least 4 members (excludes halogenated alkanes) is 1. The molecule has 1 amide bonds. The van der Waals surface area contributed by atoms with Crippen molar-refractivity contribution in [1.82, 2.24) is 4.90 Å². The van der Waals surface area contributed by atoms with Crippen molar-refractivity contribution in [1.29, 1.82) is 0 Å². The van der Waals surface area contributed by atoms with Crippen molar-refractivity contribution in [3.63, 3.8) is 0 Å². The summed E-state index contributed by atoms with van der Waals surface area (Å²) in [7, 11) is 1.58. The second kappa shape index (κ2) is 10.5. The molecule has 0 aliphatic carbocycles. The summed E-state index contributed by atoms with van der Waals surface area (Å²) in [6.45, 7) is 6.30. The van der Waals surface area contributed by atoms with Gasteiger partial charge in [0.2, 0.25) is 0 Å². The van der Waals surface area contributed by atoms with Crippen molar-refractivity contribution in [3.05, 3.63) is 28.7 Å². The second-order valence-electron chi connectivity index (χ2n) is 6.09. The van der Waals surface area contributed by atoms with Crippen molar-refractivity contribution in [2.24, 2.45) is 0 Å². The normalized spacial score (nSPS) is 16.4. The van der Waals surface area contributed by atoms with E-state index in [1.807, 2.05) is 18.2 Å². The van der Waals surface area contributed by atoms with Gasteiger partial charge in [0.05, 0.1) is 25.2 Å². The summed E-state index contributed by atoms with van der Waals surface area (Å²) in [5.74, 6) is 0.477. The molecule has 0 spiro atoms. The molecule has 1 saturated heterocycles. The fraction of sp³-hybridized carbons (Fsp3) is 0.450. The number of hydrogen-bond donors (Lipinski definition) is 0. The Bertz CT molecular complexity index is 778. The Balaban J connectivity index is 2.20. The fourth-order valence-electron chi connectivity index (χ4n) is 2.55. The molecule has 0 radical (unpaired) electrons. The third-order valence-electron chi connectivity index (χ3n) is 4.08. The van der Waals surface area contributed by atoms with Crippen molar-refractivity contribution in [3.8, 4) is 11.5 Å². The van der Waals surface area contributed by atoms with Crippen LogP contribution in [-0.2, 0) is 14.3 Å². The van der Waals surface area contributed by atoms with Crippen molar-refractivity contribution in [2.75, 3.05) is 20.3 Å². The third kappa shape index (κ3) is 5.26. The molecule has 0 bridgehead atoms. The first kappa shape index (κ1) is 22.2. The summed E-state index contributed by atoms with van der Waals surface area (Å²) in [5, 5.41) is 0. The first-order valence-corrected chi connectivity index (χ1v) is 10.4. The molecule has 8 heteroatoms. The topological polar surface area (TPSA) is 65.1 Å². The molecular weight excluding hydrogens is 398 g/mol. The van der Waals surface area contributed by atoms with Crippen molar-refractivity contribution in [2.45, 2.75) is 39.7 Å². The Hall–Kier alpha value is -2.06. The van der Waals surface area contributed by atoms with E-state index in [0.29, 0.717) is 27.3 Å². The van der Waals surface area contributed by atoms with Gasteiger partial charge in [-0.15, -0.1) is 0 Å². The highest BCUT2D eigenvalue weighted by atomic mass is 32.2. The first-order valence-electron chi connectivity index (χ1n) is 9.17. The number of rotatable bonds is 9. The summed E-state index contributed by atoms with van der Waals surface area (Å²) < 4.78 is 16.5. The minimum absolute atomic E-state index is 0.250. The highest BCUT2D eigenvalue weighted by Gasteiger charge is 2.38. The van der Waals surface area contributed by atoms with E-state index in [-0.39, 0.29) is 12.5 Å². The molecule has 0 N–H and O–H groups in total. The number of carbonyl (C=O) groups excluding carboxylic acids is 2. The number of methoxy groups -OCH3 is 1. The maximum absolute atomic E-state index is 12.8. The lowest BCUT2D eigenvalue weighted by molar-refractivity contribution is -0.149. The molecule has 0 aromatic heterocycles. The van der Waals surface area contributed by atoms with E-state index in [1.165, 1.54) is 4.90 Å². The summed E-state index contributed by atoms with van der Waals surface area (Å²) in [6, 6.07) is 4.72. The van der Waals surface area contributed by atoms with Gasteiger partial charge in [0.25, 0.3) is 5.91 Å². The van der Waals surface area contributed by atoms with Crippen LogP contribution in [0.15, 0.2) is 23.1 Å². The van der Waals surface area contributed by atoms with Gasteiger partial charge in [0, 0.05) is 0 Å². The highest BCUT2D eigenvalue weighted by molar-refractivity contribution is 8.26. The summed E-state index contributed by atoms with van der Waals surface area (Å²) in [4.78, 5) is 26.5. The van der Waals surface area contributed by atoms with E-state index in [9.17, 15) is 9.59 Å². The Kier molecular flexibility index (Phi) is 8.32.